The van der Waals surface area contributed by atoms with Gasteiger partial charge in [-0.1, -0.05) is 62.2 Å². The maximum atomic E-state index is 12.7. The van der Waals surface area contributed by atoms with E-state index in [4.69, 9.17) is 0 Å². The molecule has 0 radical (unpaired) electrons. The number of anilines is 1. The number of carboxylic acids is 1. The second kappa shape index (κ2) is 9.66. The first-order valence-electron chi connectivity index (χ1n) is 9.28. The van der Waals surface area contributed by atoms with Gasteiger partial charge in [0.1, 0.15) is 15.9 Å². The predicted molar refractivity (Wildman–Crippen MR) is 116 cm³/mol. The number of thiophene rings is 1. The summed E-state index contributed by atoms with van der Waals surface area (Å²) in [5.74, 6) is -1.03. The van der Waals surface area contributed by atoms with Crippen LogP contribution in [0.4, 0.5) is 5.69 Å². The van der Waals surface area contributed by atoms with Crippen molar-refractivity contribution in [1.29, 1.82) is 0 Å². The highest BCUT2D eigenvalue weighted by Crippen LogP contribution is 2.35. The van der Waals surface area contributed by atoms with Crippen molar-refractivity contribution in [3.8, 4) is 10.4 Å². The molecule has 3 aromatic rings. The van der Waals surface area contributed by atoms with Gasteiger partial charge in [0.05, 0.1) is 10.6 Å². The van der Waals surface area contributed by atoms with Crippen molar-refractivity contribution in [1.82, 2.24) is 0 Å². The van der Waals surface area contributed by atoms with Gasteiger partial charge in [-0.25, -0.2) is 9.00 Å². The van der Waals surface area contributed by atoms with E-state index in [1.54, 1.807) is 6.07 Å². The Hall–Kier alpha value is -2.44. The van der Waals surface area contributed by atoms with Crippen molar-refractivity contribution < 1.29 is 14.1 Å². The lowest BCUT2D eigenvalue weighted by Crippen LogP contribution is -2.07. The van der Waals surface area contributed by atoms with Gasteiger partial charge >= 0.3 is 5.97 Å². The molecule has 0 saturated carbocycles. The zero-order chi connectivity index (χ0) is 19.9. The Balaban J connectivity index is 1.76. The van der Waals surface area contributed by atoms with E-state index in [0.29, 0.717) is 10.6 Å². The van der Waals surface area contributed by atoms with Crippen LogP contribution >= 0.6 is 11.3 Å². The number of rotatable bonds is 9. The second-order valence-electron chi connectivity index (χ2n) is 6.50. The molecule has 1 unspecified atom stereocenters. The Bertz CT molecular complexity index is 950. The standard InChI is InChI=1S/C22H23NO3S2/c1-2-3-5-8-16-11-13-18(14-12-16)28(26)23-19-15-20(27-21(19)22(24)25)17-9-6-4-7-10-17/h4,6-7,9-15,23H,2-3,5,8H2,1H3,(H,24,25). The molecule has 2 aromatic carbocycles. The molecule has 0 spiro atoms. The molecule has 3 rings (SSSR count). The first-order valence-corrected chi connectivity index (χ1v) is 11.2. The van der Waals surface area contributed by atoms with E-state index in [0.717, 1.165) is 23.3 Å². The Morgan fingerprint density at radius 2 is 1.79 bits per heavy atom. The summed E-state index contributed by atoms with van der Waals surface area (Å²) in [5, 5.41) is 9.52. The normalized spacial score (nSPS) is 11.9. The number of aryl methyl sites for hydroxylation is 1. The third-order valence-corrected chi connectivity index (χ3v) is 6.67. The minimum Gasteiger partial charge on any atom is -0.477 e. The number of carbonyl (C=O) groups is 1. The summed E-state index contributed by atoms with van der Waals surface area (Å²) in [6.07, 6.45) is 4.55. The van der Waals surface area contributed by atoms with Gasteiger partial charge in [0.2, 0.25) is 0 Å². The molecule has 146 valence electrons. The first-order chi connectivity index (χ1) is 13.6. The van der Waals surface area contributed by atoms with Crippen LogP contribution in [-0.2, 0) is 17.4 Å². The maximum Gasteiger partial charge on any atom is 0.348 e. The SMILES string of the molecule is CCCCCc1ccc(S(=O)Nc2cc(-c3ccccc3)sc2C(=O)O)cc1. The molecule has 1 heterocycles. The van der Waals surface area contributed by atoms with Crippen molar-refractivity contribution in [2.75, 3.05) is 4.72 Å². The molecular formula is C22H23NO3S2. The maximum absolute atomic E-state index is 12.7. The molecule has 1 aromatic heterocycles. The largest absolute Gasteiger partial charge is 0.477 e. The fourth-order valence-corrected chi connectivity index (χ4v) is 4.77. The summed E-state index contributed by atoms with van der Waals surface area (Å²) in [6.45, 7) is 2.18. The van der Waals surface area contributed by atoms with Gasteiger partial charge in [0, 0.05) is 4.88 Å². The van der Waals surface area contributed by atoms with Gasteiger partial charge in [-0.15, -0.1) is 11.3 Å². The van der Waals surface area contributed by atoms with Crippen molar-refractivity contribution in [3.63, 3.8) is 0 Å². The molecule has 1 atom stereocenters. The predicted octanol–water partition coefficient (Wildman–Crippen LogP) is 5.98. The van der Waals surface area contributed by atoms with Gasteiger partial charge < -0.3 is 5.11 Å². The Morgan fingerprint density at radius 3 is 2.43 bits per heavy atom. The van der Waals surface area contributed by atoms with E-state index < -0.39 is 17.0 Å². The summed E-state index contributed by atoms with van der Waals surface area (Å²) in [5.41, 5.74) is 2.54. The van der Waals surface area contributed by atoms with Crippen molar-refractivity contribution in [3.05, 3.63) is 71.1 Å². The lowest BCUT2D eigenvalue weighted by Gasteiger charge is -2.07. The molecule has 0 fully saturated rings. The molecule has 28 heavy (non-hydrogen) atoms. The van der Waals surface area contributed by atoms with Gasteiger partial charge in [-0.05, 0) is 42.2 Å². The summed E-state index contributed by atoms with van der Waals surface area (Å²) in [4.78, 5) is 13.2. The average Bonchev–Trinajstić information content (AvgIpc) is 3.13. The average molecular weight is 414 g/mol. The van der Waals surface area contributed by atoms with Gasteiger partial charge in [0.15, 0.2) is 0 Å². The number of unbranched alkanes of at least 4 members (excludes halogenated alkanes) is 2. The minimum absolute atomic E-state index is 0.156. The molecule has 0 aliphatic carbocycles. The fourth-order valence-electron chi connectivity index (χ4n) is 2.89. The molecule has 6 heteroatoms. The molecule has 0 bridgehead atoms. The molecule has 0 aliphatic heterocycles. The highest BCUT2D eigenvalue weighted by Gasteiger charge is 2.18. The number of hydrogen-bond donors (Lipinski definition) is 2. The zero-order valence-corrected chi connectivity index (χ0v) is 17.3. The molecule has 0 aliphatic rings. The van der Waals surface area contributed by atoms with Gasteiger partial charge in [0.25, 0.3) is 0 Å². The van der Waals surface area contributed by atoms with Crippen LogP contribution in [0.1, 0.15) is 41.4 Å². The number of aromatic carboxylic acids is 1. The zero-order valence-electron chi connectivity index (χ0n) is 15.7. The Morgan fingerprint density at radius 1 is 1.07 bits per heavy atom. The van der Waals surface area contributed by atoms with Gasteiger partial charge in [-0.3, -0.25) is 4.72 Å². The molecule has 2 N–H and O–H groups in total. The second-order valence-corrected chi connectivity index (χ2v) is 8.76. The van der Waals surface area contributed by atoms with Crippen molar-refractivity contribution >= 4 is 34.0 Å². The third-order valence-electron chi connectivity index (χ3n) is 4.39. The van der Waals surface area contributed by atoms with Crippen molar-refractivity contribution in [2.45, 2.75) is 37.5 Å². The monoisotopic (exact) mass is 413 g/mol. The quantitative estimate of drug-likeness (QED) is 0.424. The lowest BCUT2D eigenvalue weighted by molar-refractivity contribution is 0.0703. The number of carboxylic acid groups (broad SMARTS) is 1. The minimum atomic E-state index is -1.53. The van der Waals surface area contributed by atoms with Crippen molar-refractivity contribution in [2.24, 2.45) is 0 Å². The van der Waals surface area contributed by atoms with E-state index in [9.17, 15) is 14.1 Å². The number of nitrogens with one attached hydrogen (secondary N) is 1. The fraction of sp³-hybridized carbons (Fsp3) is 0.227. The van der Waals surface area contributed by atoms with E-state index in [1.165, 1.54) is 29.7 Å². The van der Waals surface area contributed by atoms with Crippen LogP contribution < -0.4 is 4.72 Å². The smallest absolute Gasteiger partial charge is 0.348 e. The summed E-state index contributed by atoms with van der Waals surface area (Å²) >= 11 is 1.18. The first kappa shape index (κ1) is 20.3. The summed E-state index contributed by atoms with van der Waals surface area (Å²) in [6, 6.07) is 19.0. The van der Waals surface area contributed by atoms with E-state index in [2.05, 4.69) is 11.6 Å². The van der Waals surface area contributed by atoms with E-state index >= 15 is 0 Å². The number of hydrogen-bond acceptors (Lipinski definition) is 3. The molecular weight excluding hydrogens is 390 g/mol. The number of benzene rings is 2. The Labute approximate surface area is 171 Å². The molecule has 0 saturated heterocycles. The van der Waals surface area contributed by atoms with Gasteiger partial charge in [-0.2, -0.15) is 0 Å². The van der Waals surface area contributed by atoms with Crippen LogP contribution in [0.5, 0.6) is 0 Å². The van der Waals surface area contributed by atoms with Crippen LogP contribution in [0.3, 0.4) is 0 Å². The molecule has 0 amide bonds. The third kappa shape index (κ3) is 5.09. The van der Waals surface area contributed by atoms with Crippen LogP contribution in [0.25, 0.3) is 10.4 Å². The Kier molecular flexibility index (Phi) is 7.01. The van der Waals surface area contributed by atoms with E-state index in [1.807, 2.05) is 54.6 Å². The summed E-state index contributed by atoms with van der Waals surface area (Å²) in [7, 11) is -1.53. The van der Waals surface area contributed by atoms with E-state index in [-0.39, 0.29) is 4.88 Å². The molecule has 4 nitrogen and oxygen atoms in total. The van der Waals surface area contributed by atoms with Crippen LogP contribution in [0.15, 0.2) is 65.6 Å². The lowest BCUT2D eigenvalue weighted by atomic mass is 10.1. The van der Waals surface area contributed by atoms with Crippen LogP contribution in [-0.4, -0.2) is 15.3 Å². The highest BCUT2D eigenvalue weighted by atomic mass is 32.2. The summed E-state index contributed by atoms with van der Waals surface area (Å²) < 4.78 is 15.6. The van der Waals surface area contributed by atoms with Crippen LogP contribution in [0.2, 0.25) is 0 Å². The highest BCUT2D eigenvalue weighted by molar-refractivity contribution is 7.86. The topological polar surface area (TPSA) is 66.4 Å². The van der Waals surface area contributed by atoms with Crippen LogP contribution in [0, 0.1) is 0 Å².